The van der Waals surface area contributed by atoms with Crippen LogP contribution in [0.1, 0.15) is 24.2 Å². The molecule has 1 aromatic rings. The lowest BCUT2D eigenvalue weighted by Crippen LogP contribution is -2.48. The van der Waals surface area contributed by atoms with Crippen LogP contribution in [0.25, 0.3) is 0 Å². The monoisotopic (exact) mass is 292 g/mol. The van der Waals surface area contributed by atoms with Crippen molar-refractivity contribution in [3.05, 3.63) is 29.8 Å². The zero-order chi connectivity index (χ0) is 14.7. The van der Waals surface area contributed by atoms with Gasteiger partial charge in [-0.25, -0.2) is 0 Å². The fourth-order valence-corrected chi connectivity index (χ4v) is 1.78. The van der Waals surface area contributed by atoms with E-state index in [1.807, 2.05) is 0 Å². The summed E-state index contributed by atoms with van der Waals surface area (Å²) in [6, 6.07) is 5.25. The average Bonchev–Trinajstić information content (AvgIpc) is 2.27. The molecule has 0 aliphatic rings. The van der Waals surface area contributed by atoms with Gasteiger partial charge in [0.1, 0.15) is 0 Å². The van der Waals surface area contributed by atoms with Gasteiger partial charge < -0.3 is 11.1 Å². The Balaban J connectivity index is 2.74. The van der Waals surface area contributed by atoms with Gasteiger partial charge in [0, 0.05) is 22.5 Å². The highest BCUT2D eigenvalue weighted by molar-refractivity contribution is 8.00. The van der Waals surface area contributed by atoms with Crippen LogP contribution < -0.4 is 11.1 Å². The SMILES string of the molecule is CC(C)(CN)NC(=O)c1ccc(SC(F)(F)F)cc1. The fraction of sp³-hybridized carbons (Fsp3) is 0.417. The Morgan fingerprint density at radius 2 is 1.79 bits per heavy atom. The first-order chi connectivity index (χ1) is 8.63. The molecule has 0 saturated carbocycles. The molecule has 1 aromatic carbocycles. The van der Waals surface area contributed by atoms with Crippen LogP contribution in [0.4, 0.5) is 13.2 Å². The Hall–Kier alpha value is -1.21. The van der Waals surface area contributed by atoms with E-state index in [9.17, 15) is 18.0 Å². The van der Waals surface area contributed by atoms with Crippen molar-refractivity contribution in [1.29, 1.82) is 0 Å². The molecule has 1 rings (SSSR count). The standard InChI is InChI=1S/C12H15F3N2OS/c1-11(2,7-16)17-10(18)8-3-5-9(6-4-8)19-12(13,14)15/h3-6H,7,16H2,1-2H3,(H,17,18). The van der Waals surface area contributed by atoms with E-state index < -0.39 is 11.0 Å². The predicted octanol–water partition coefficient (Wildman–Crippen LogP) is 2.77. The van der Waals surface area contributed by atoms with Crippen molar-refractivity contribution in [1.82, 2.24) is 5.32 Å². The van der Waals surface area contributed by atoms with E-state index in [0.717, 1.165) is 0 Å². The summed E-state index contributed by atoms with van der Waals surface area (Å²) >= 11 is -0.213. The number of benzene rings is 1. The van der Waals surface area contributed by atoms with Crippen molar-refractivity contribution in [3.8, 4) is 0 Å². The Morgan fingerprint density at radius 3 is 2.21 bits per heavy atom. The molecule has 0 bridgehead atoms. The van der Waals surface area contributed by atoms with E-state index in [4.69, 9.17) is 5.73 Å². The van der Waals surface area contributed by atoms with Crippen LogP contribution >= 0.6 is 11.8 Å². The smallest absolute Gasteiger partial charge is 0.346 e. The van der Waals surface area contributed by atoms with Gasteiger partial charge in [-0.1, -0.05) is 0 Å². The van der Waals surface area contributed by atoms with Crippen molar-refractivity contribution in [3.63, 3.8) is 0 Å². The third-order valence-electron chi connectivity index (χ3n) is 2.31. The number of hydrogen-bond acceptors (Lipinski definition) is 3. The number of amides is 1. The number of halogens is 3. The summed E-state index contributed by atoms with van der Waals surface area (Å²) in [5.41, 5.74) is 0.895. The van der Waals surface area contributed by atoms with Crippen LogP contribution in [0.3, 0.4) is 0 Å². The molecule has 0 saturated heterocycles. The van der Waals surface area contributed by atoms with Crippen LogP contribution in [0.15, 0.2) is 29.2 Å². The quantitative estimate of drug-likeness (QED) is 0.839. The summed E-state index contributed by atoms with van der Waals surface area (Å²) in [7, 11) is 0. The number of hydrogen-bond donors (Lipinski definition) is 2. The molecule has 0 aliphatic carbocycles. The Labute approximate surface area is 113 Å². The van der Waals surface area contributed by atoms with Gasteiger partial charge in [0.15, 0.2) is 0 Å². The summed E-state index contributed by atoms with van der Waals surface area (Å²) in [6.45, 7) is 3.79. The Kier molecular flexibility index (Phi) is 4.86. The number of nitrogens with one attached hydrogen (secondary N) is 1. The number of carbonyl (C=O) groups excluding carboxylic acids is 1. The van der Waals surface area contributed by atoms with Gasteiger partial charge in [-0.15, -0.1) is 0 Å². The molecule has 0 aliphatic heterocycles. The number of rotatable bonds is 4. The molecule has 0 fully saturated rings. The van der Waals surface area contributed by atoms with Crippen molar-refractivity contribution in [2.24, 2.45) is 5.73 Å². The summed E-state index contributed by atoms with van der Waals surface area (Å²) in [5.74, 6) is -0.362. The highest BCUT2D eigenvalue weighted by Gasteiger charge is 2.29. The highest BCUT2D eigenvalue weighted by atomic mass is 32.2. The summed E-state index contributed by atoms with van der Waals surface area (Å²) in [4.78, 5) is 11.9. The average molecular weight is 292 g/mol. The number of carbonyl (C=O) groups is 1. The van der Waals surface area contributed by atoms with Gasteiger partial charge in [0.25, 0.3) is 5.91 Å². The second kappa shape index (κ2) is 5.83. The number of alkyl halides is 3. The van der Waals surface area contributed by atoms with E-state index >= 15 is 0 Å². The van der Waals surface area contributed by atoms with Gasteiger partial charge in [-0.05, 0) is 49.9 Å². The van der Waals surface area contributed by atoms with Gasteiger partial charge in [-0.3, -0.25) is 4.79 Å². The summed E-state index contributed by atoms with van der Waals surface area (Å²) in [5, 5.41) is 2.70. The molecule has 1 amide bonds. The molecular weight excluding hydrogens is 277 g/mol. The molecule has 0 aromatic heterocycles. The fourth-order valence-electron chi connectivity index (χ4n) is 1.24. The number of nitrogens with two attached hydrogens (primary N) is 1. The van der Waals surface area contributed by atoms with Gasteiger partial charge in [0.2, 0.25) is 0 Å². The lowest BCUT2D eigenvalue weighted by Gasteiger charge is -2.24. The molecule has 0 spiro atoms. The molecule has 3 nitrogen and oxygen atoms in total. The minimum Gasteiger partial charge on any atom is -0.346 e. The van der Waals surface area contributed by atoms with E-state index in [1.165, 1.54) is 24.3 Å². The Morgan fingerprint density at radius 1 is 1.26 bits per heavy atom. The largest absolute Gasteiger partial charge is 0.446 e. The zero-order valence-electron chi connectivity index (χ0n) is 10.5. The first kappa shape index (κ1) is 15.8. The lowest BCUT2D eigenvalue weighted by molar-refractivity contribution is -0.0328. The van der Waals surface area contributed by atoms with Crippen LogP contribution in [0.2, 0.25) is 0 Å². The van der Waals surface area contributed by atoms with E-state index in [-0.39, 0.29) is 29.1 Å². The highest BCUT2D eigenvalue weighted by Crippen LogP contribution is 2.36. The summed E-state index contributed by atoms with van der Waals surface area (Å²) < 4.78 is 36.4. The molecule has 0 atom stereocenters. The van der Waals surface area contributed by atoms with Crippen LogP contribution in [-0.4, -0.2) is 23.5 Å². The van der Waals surface area contributed by atoms with Crippen LogP contribution in [-0.2, 0) is 0 Å². The molecule has 3 N–H and O–H groups in total. The molecule has 106 valence electrons. The molecule has 0 unspecified atom stereocenters. The van der Waals surface area contributed by atoms with E-state index in [0.29, 0.717) is 5.56 Å². The third kappa shape index (κ3) is 5.52. The van der Waals surface area contributed by atoms with Gasteiger partial charge in [-0.2, -0.15) is 13.2 Å². The molecular formula is C12H15F3N2OS. The topological polar surface area (TPSA) is 55.1 Å². The molecule has 7 heteroatoms. The lowest BCUT2D eigenvalue weighted by atomic mass is 10.1. The first-order valence-electron chi connectivity index (χ1n) is 5.51. The third-order valence-corrected chi connectivity index (χ3v) is 3.05. The second-order valence-corrected chi connectivity index (χ2v) is 5.75. The number of thioether (sulfide) groups is 1. The summed E-state index contributed by atoms with van der Waals surface area (Å²) in [6.07, 6.45) is 0. The molecule has 0 heterocycles. The van der Waals surface area contributed by atoms with Gasteiger partial charge in [0.05, 0.1) is 0 Å². The van der Waals surface area contributed by atoms with Crippen LogP contribution in [0, 0.1) is 0 Å². The normalized spacial score (nSPS) is 12.3. The predicted molar refractivity (Wildman–Crippen MR) is 69.0 cm³/mol. The van der Waals surface area contributed by atoms with Crippen molar-refractivity contribution >= 4 is 17.7 Å². The maximum Gasteiger partial charge on any atom is 0.446 e. The van der Waals surface area contributed by atoms with Crippen molar-refractivity contribution in [2.45, 2.75) is 29.8 Å². The maximum atomic E-state index is 12.1. The van der Waals surface area contributed by atoms with Crippen LogP contribution in [0.5, 0.6) is 0 Å². The van der Waals surface area contributed by atoms with Crippen molar-refractivity contribution < 1.29 is 18.0 Å². The van der Waals surface area contributed by atoms with Gasteiger partial charge >= 0.3 is 5.51 Å². The maximum absolute atomic E-state index is 12.1. The molecule has 0 radical (unpaired) electrons. The minimum absolute atomic E-state index is 0.0436. The molecule has 19 heavy (non-hydrogen) atoms. The van der Waals surface area contributed by atoms with E-state index in [2.05, 4.69) is 5.32 Å². The minimum atomic E-state index is -4.33. The second-order valence-electron chi connectivity index (χ2n) is 4.61. The Bertz CT molecular complexity index is 443. The van der Waals surface area contributed by atoms with Crippen molar-refractivity contribution in [2.75, 3.05) is 6.54 Å². The first-order valence-corrected chi connectivity index (χ1v) is 6.33. The van der Waals surface area contributed by atoms with E-state index in [1.54, 1.807) is 13.8 Å². The zero-order valence-corrected chi connectivity index (χ0v) is 11.4.